The number of aromatic nitrogens is 2. The zero-order valence-corrected chi connectivity index (χ0v) is 15.6. The summed E-state index contributed by atoms with van der Waals surface area (Å²) in [5, 5.41) is 6.18. The number of imidazole rings is 1. The van der Waals surface area contributed by atoms with E-state index in [-0.39, 0.29) is 12.3 Å². The summed E-state index contributed by atoms with van der Waals surface area (Å²) < 4.78 is 43.7. The average molecular weight is 403 g/mol. The number of guanidine groups is 1. The number of hydrogen-bond acceptors (Lipinski definition) is 3. The fraction of sp³-hybridized carbons (Fsp3) is 0.200. The largest absolute Gasteiger partial charge is 0.573 e. The molecule has 2 N–H and O–H groups in total. The van der Waals surface area contributed by atoms with Gasteiger partial charge in [0, 0.05) is 38.1 Å². The van der Waals surface area contributed by atoms with E-state index < -0.39 is 6.36 Å². The first kappa shape index (κ1) is 20.2. The molecule has 0 aliphatic rings. The van der Waals surface area contributed by atoms with Crippen molar-refractivity contribution in [1.29, 1.82) is 0 Å². The molecule has 3 aromatic rings. The number of nitrogens with one attached hydrogen (secondary N) is 2. The third-order valence-corrected chi connectivity index (χ3v) is 4.09. The van der Waals surface area contributed by atoms with E-state index in [4.69, 9.17) is 0 Å². The van der Waals surface area contributed by atoms with Crippen LogP contribution in [0.15, 0.2) is 72.2 Å². The third-order valence-electron chi connectivity index (χ3n) is 4.09. The minimum absolute atomic E-state index is 0.120. The highest BCUT2D eigenvalue weighted by atomic mass is 19.4. The molecule has 0 spiro atoms. The number of rotatable bonds is 6. The standard InChI is InChI=1S/C20H20F3N5O/c1-24-19(27-13-16-7-3-5-9-18(16)29-20(21,22)23)26-12-15-6-2-4-8-17(15)28-11-10-25-14-28/h2-11,14H,12-13H2,1H3,(H2,24,26,27). The summed E-state index contributed by atoms with van der Waals surface area (Å²) >= 11 is 0. The van der Waals surface area contributed by atoms with E-state index in [1.54, 1.807) is 31.7 Å². The van der Waals surface area contributed by atoms with Gasteiger partial charge in [0.25, 0.3) is 0 Å². The fourth-order valence-electron chi connectivity index (χ4n) is 2.77. The molecule has 1 aromatic heterocycles. The van der Waals surface area contributed by atoms with Crippen molar-refractivity contribution >= 4 is 5.96 Å². The third kappa shape index (κ3) is 5.74. The lowest BCUT2D eigenvalue weighted by Crippen LogP contribution is -2.36. The zero-order chi connectivity index (χ0) is 20.7. The highest BCUT2D eigenvalue weighted by Crippen LogP contribution is 2.26. The smallest absolute Gasteiger partial charge is 0.405 e. The second-order valence-corrected chi connectivity index (χ2v) is 6.03. The van der Waals surface area contributed by atoms with Gasteiger partial charge in [-0.15, -0.1) is 13.2 Å². The first-order valence-electron chi connectivity index (χ1n) is 8.80. The second kappa shape index (κ2) is 9.13. The highest BCUT2D eigenvalue weighted by molar-refractivity contribution is 5.79. The number of nitrogens with zero attached hydrogens (tertiary/aromatic N) is 3. The normalized spacial score (nSPS) is 11.9. The van der Waals surface area contributed by atoms with Crippen LogP contribution in [0.5, 0.6) is 5.75 Å². The molecular formula is C20H20F3N5O. The van der Waals surface area contributed by atoms with Crippen LogP contribution in [0.3, 0.4) is 0 Å². The van der Waals surface area contributed by atoms with Gasteiger partial charge in [0.2, 0.25) is 0 Å². The molecule has 2 aromatic carbocycles. The SMILES string of the molecule is CN=C(NCc1ccccc1OC(F)(F)F)NCc1ccccc1-n1ccnc1. The molecule has 9 heteroatoms. The summed E-state index contributed by atoms with van der Waals surface area (Å²) in [5.74, 6) is 0.209. The fourth-order valence-corrected chi connectivity index (χ4v) is 2.77. The van der Waals surface area contributed by atoms with Gasteiger partial charge in [-0.25, -0.2) is 4.98 Å². The van der Waals surface area contributed by atoms with Crippen molar-refractivity contribution in [3.05, 3.63) is 78.4 Å². The van der Waals surface area contributed by atoms with Gasteiger partial charge in [0.1, 0.15) is 5.75 Å². The topological polar surface area (TPSA) is 63.5 Å². The number of aliphatic imine (C=N–C) groups is 1. The van der Waals surface area contributed by atoms with Crippen LogP contribution in [-0.2, 0) is 13.1 Å². The average Bonchev–Trinajstić information content (AvgIpc) is 3.23. The minimum atomic E-state index is -4.74. The van der Waals surface area contributed by atoms with E-state index in [0.717, 1.165) is 11.3 Å². The monoisotopic (exact) mass is 403 g/mol. The summed E-state index contributed by atoms with van der Waals surface area (Å²) in [6, 6.07) is 13.8. The maximum Gasteiger partial charge on any atom is 0.573 e. The molecule has 0 aliphatic carbocycles. The Morgan fingerprint density at radius 1 is 1.03 bits per heavy atom. The van der Waals surface area contributed by atoms with E-state index in [2.05, 4.69) is 25.3 Å². The van der Waals surface area contributed by atoms with Gasteiger partial charge >= 0.3 is 6.36 Å². The van der Waals surface area contributed by atoms with Crippen molar-refractivity contribution in [2.75, 3.05) is 7.05 Å². The van der Waals surface area contributed by atoms with Crippen molar-refractivity contribution < 1.29 is 17.9 Å². The van der Waals surface area contributed by atoms with Crippen molar-refractivity contribution in [2.45, 2.75) is 19.5 Å². The number of ether oxygens (including phenoxy) is 1. The number of halogens is 3. The van der Waals surface area contributed by atoms with E-state index >= 15 is 0 Å². The highest BCUT2D eigenvalue weighted by Gasteiger charge is 2.31. The first-order chi connectivity index (χ1) is 14.0. The molecule has 0 radical (unpaired) electrons. The number of benzene rings is 2. The molecule has 3 rings (SSSR count). The van der Waals surface area contributed by atoms with E-state index in [0.29, 0.717) is 18.1 Å². The van der Waals surface area contributed by atoms with Gasteiger partial charge in [-0.3, -0.25) is 4.99 Å². The molecule has 29 heavy (non-hydrogen) atoms. The van der Waals surface area contributed by atoms with Crippen molar-refractivity contribution in [2.24, 2.45) is 4.99 Å². The van der Waals surface area contributed by atoms with Crippen molar-refractivity contribution in [3.8, 4) is 11.4 Å². The number of para-hydroxylation sites is 2. The lowest BCUT2D eigenvalue weighted by Gasteiger charge is -2.16. The van der Waals surface area contributed by atoms with Crippen LogP contribution in [0.2, 0.25) is 0 Å². The Labute approximate surface area is 166 Å². The van der Waals surface area contributed by atoms with Crippen molar-refractivity contribution in [3.63, 3.8) is 0 Å². The Kier molecular flexibility index (Phi) is 6.38. The summed E-state index contributed by atoms with van der Waals surface area (Å²) in [5.41, 5.74) is 2.35. The van der Waals surface area contributed by atoms with E-state index in [1.165, 1.54) is 12.1 Å². The molecule has 0 amide bonds. The summed E-state index contributed by atoms with van der Waals surface area (Å²) in [7, 11) is 1.59. The van der Waals surface area contributed by atoms with Crippen LogP contribution in [0.1, 0.15) is 11.1 Å². The van der Waals surface area contributed by atoms with Crippen molar-refractivity contribution in [1.82, 2.24) is 20.2 Å². The second-order valence-electron chi connectivity index (χ2n) is 6.03. The Balaban J connectivity index is 1.64. The lowest BCUT2D eigenvalue weighted by molar-refractivity contribution is -0.274. The van der Waals surface area contributed by atoms with Crippen LogP contribution in [0.25, 0.3) is 5.69 Å². The molecule has 152 valence electrons. The summed E-state index contributed by atoms with van der Waals surface area (Å²) in [6.45, 7) is 0.587. The van der Waals surface area contributed by atoms with Crippen LogP contribution in [-0.4, -0.2) is 28.9 Å². The van der Waals surface area contributed by atoms with Gasteiger partial charge in [-0.1, -0.05) is 36.4 Å². The number of alkyl halides is 3. The number of hydrogen-bond donors (Lipinski definition) is 2. The molecule has 0 atom stereocenters. The Morgan fingerprint density at radius 2 is 1.69 bits per heavy atom. The lowest BCUT2D eigenvalue weighted by atomic mass is 10.1. The maximum absolute atomic E-state index is 12.6. The molecule has 0 bridgehead atoms. The van der Waals surface area contributed by atoms with Crippen LogP contribution in [0, 0.1) is 0 Å². The molecule has 0 fully saturated rings. The Morgan fingerprint density at radius 3 is 2.34 bits per heavy atom. The maximum atomic E-state index is 12.6. The Hall–Kier alpha value is -3.49. The van der Waals surface area contributed by atoms with Crippen LogP contribution >= 0.6 is 0 Å². The molecular weight excluding hydrogens is 383 g/mol. The zero-order valence-electron chi connectivity index (χ0n) is 15.6. The van der Waals surface area contributed by atoms with Crippen LogP contribution < -0.4 is 15.4 Å². The van der Waals surface area contributed by atoms with E-state index in [9.17, 15) is 13.2 Å². The minimum Gasteiger partial charge on any atom is -0.405 e. The van der Waals surface area contributed by atoms with Crippen LogP contribution in [0.4, 0.5) is 13.2 Å². The molecule has 6 nitrogen and oxygen atoms in total. The van der Waals surface area contributed by atoms with Gasteiger partial charge in [-0.2, -0.15) is 0 Å². The summed E-state index contributed by atoms with van der Waals surface area (Å²) in [4.78, 5) is 8.19. The van der Waals surface area contributed by atoms with Gasteiger partial charge in [0.15, 0.2) is 5.96 Å². The molecule has 0 unspecified atom stereocenters. The molecule has 1 heterocycles. The predicted octanol–water partition coefficient (Wildman–Crippen LogP) is 3.64. The van der Waals surface area contributed by atoms with Gasteiger partial charge < -0.3 is 19.9 Å². The quantitative estimate of drug-likeness (QED) is 0.487. The summed E-state index contributed by atoms with van der Waals surface area (Å²) in [6.07, 6.45) is 0.519. The molecule has 0 aliphatic heterocycles. The predicted molar refractivity (Wildman–Crippen MR) is 104 cm³/mol. The Bertz CT molecular complexity index is 955. The first-order valence-corrected chi connectivity index (χ1v) is 8.80. The molecule has 0 saturated heterocycles. The van der Waals surface area contributed by atoms with Gasteiger partial charge in [0.05, 0.1) is 12.0 Å². The van der Waals surface area contributed by atoms with E-state index in [1.807, 2.05) is 35.0 Å². The van der Waals surface area contributed by atoms with Gasteiger partial charge in [-0.05, 0) is 17.7 Å². The molecule has 0 saturated carbocycles.